The molecule has 215 valence electrons. The molecule has 0 saturated carbocycles. The fourth-order valence-corrected chi connectivity index (χ4v) is 4.36. The van der Waals surface area contributed by atoms with Gasteiger partial charge in [-0.3, -0.25) is 0 Å². The summed E-state index contributed by atoms with van der Waals surface area (Å²) in [7, 11) is 0. The molecule has 4 aromatic rings. The second-order valence-electron chi connectivity index (χ2n) is 8.63. The third-order valence-electron chi connectivity index (χ3n) is 5.97. The van der Waals surface area contributed by atoms with Crippen LogP contribution in [0.4, 0.5) is 57.1 Å². The second kappa shape index (κ2) is 10.1. The molecule has 0 bridgehead atoms. The lowest BCUT2D eigenvalue weighted by molar-refractivity contribution is -0.161. The minimum Gasteiger partial charge on any atom is -0.207 e. The van der Waals surface area contributed by atoms with Gasteiger partial charge in [0.1, 0.15) is 5.82 Å². The molecule has 0 N–H and O–H groups in total. The number of benzene rings is 4. The van der Waals surface area contributed by atoms with E-state index in [-0.39, 0.29) is 17.7 Å². The molecule has 0 fully saturated rings. The molecule has 0 saturated heterocycles. The van der Waals surface area contributed by atoms with E-state index in [1.54, 1.807) is 0 Å². The highest BCUT2D eigenvalue weighted by molar-refractivity contribution is 5.92. The summed E-state index contributed by atoms with van der Waals surface area (Å²) >= 11 is 0. The number of rotatable bonds is 3. The summed E-state index contributed by atoms with van der Waals surface area (Å²) in [5.74, 6) is -0.865. The van der Waals surface area contributed by atoms with Crippen LogP contribution in [-0.2, 0) is 24.7 Å². The zero-order chi connectivity index (χ0) is 30.5. The van der Waals surface area contributed by atoms with E-state index in [0.717, 1.165) is 30.3 Å². The quantitative estimate of drug-likeness (QED) is 0.207. The third-order valence-corrected chi connectivity index (χ3v) is 5.97. The van der Waals surface area contributed by atoms with Crippen LogP contribution in [0.3, 0.4) is 0 Å². The summed E-state index contributed by atoms with van der Waals surface area (Å²) in [6, 6.07) is 9.21. The van der Waals surface area contributed by atoms with Crippen molar-refractivity contribution in [3.05, 3.63) is 107 Å². The van der Waals surface area contributed by atoms with Crippen LogP contribution < -0.4 is 0 Å². The Morgan fingerprint density at radius 3 is 1.63 bits per heavy atom. The molecule has 4 rings (SSSR count). The van der Waals surface area contributed by atoms with Gasteiger partial charge in [-0.2, -0.15) is 52.7 Å². The van der Waals surface area contributed by atoms with Crippen LogP contribution in [0, 0.1) is 11.9 Å². The van der Waals surface area contributed by atoms with Crippen molar-refractivity contribution in [3.8, 4) is 33.4 Å². The lowest BCUT2D eigenvalue weighted by Crippen LogP contribution is -2.18. The highest BCUT2D eigenvalue weighted by Crippen LogP contribution is 2.51. The van der Waals surface area contributed by atoms with Crippen molar-refractivity contribution in [2.24, 2.45) is 0 Å². The van der Waals surface area contributed by atoms with Gasteiger partial charge in [0.05, 0.1) is 22.3 Å². The molecular weight excluding hydrogens is 583 g/mol. The fraction of sp³-hybridized carbons (Fsp3) is 0.143. The lowest BCUT2D eigenvalue weighted by Gasteiger charge is -2.25. The Labute approximate surface area is 222 Å². The Hall–Kier alpha value is -4.03. The molecule has 0 aliphatic heterocycles. The van der Waals surface area contributed by atoms with Gasteiger partial charge >= 0.3 is 24.7 Å². The maximum Gasteiger partial charge on any atom is 0.417 e. The highest BCUT2D eigenvalue weighted by Gasteiger charge is 2.46. The Morgan fingerprint density at radius 1 is 0.512 bits per heavy atom. The number of hydrogen-bond donors (Lipinski definition) is 0. The first-order valence-corrected chi connectivity index (χ1v) is 11.2. The van der Waals surface area contributed by atoms with Crippen molar-refractivity contribution < 1.29 is 57.1 Å². The average Bonchev–Trinajstić information content (AvgIpc) is 2.86. The summed E-state index contributed by atoms with van der Waals surface area (Å²) in [4.78, 5) is 0. The summed E-state index contributed by atoms with van der Waals surface area (Å²) in [6.07, 6.45) is -21.9. The SMILES string of the molecule is Fc1ccc(-c2[c]cc(-c3cccc(C(F)(F)F)c3C(F)(F)F)c(-c3cccc(C(F)(F)F)c3)c2C(F)(F)F)cc1. The Morgan fingerprint density at radius 2 is 1.10 bits per heavy atom. The van der Waals surface area contributed by atoms with Crippen molar-refractivity contribution >= 4 is 0 Å². The number of alkyl halides is 12. The molecule has 0 amide bonds. The van der Waals surface area contributed by atoms with Crippen LogP contribution in [0.5, 0.6) is 0 Å². The Balaban J connectivity index is 2.23. The van der Waals surface area contributed by atoms with Gasteiger partial charge in [0.2, 0.25) is 0 Å². The van der Waals surface area contributed by atoms with Gasteiger partial charge in [0, 0.05) is 11.1 Å². The van der Waals surface area contributed by atoms with Crippen LogP contribution in [0.2, 0.25) is 0 Å². The molecule has 0 heterocycles. The standard InChI is InChI=1S/C28H12F13/c29-17-9-7-14(8-10-17)18-11-12-19(20-5-2-6-21(26(33,34)35)23(20)27(36,37)38)22(24(18)28(39,40)41)15-3-1-4-16(13-15)25(30,31)32/h1-10,12-13H. The molecule has 0 aliphatic carbocycles. The summed E-state index contributed by atoms with van der Waals surface area (Å²) < 4.78 is 181. The number of hydrogen-bond acceptors (Lipinski definition) is 0. The van der Waals surface area contributed by atoms with E-state index < -0.39 is 80.6 Å². The summed E-state index contributed by atoms with van der Waals surface area (Å²) in [5.41, 5.74) is -13.7. The first-order chi connectivity index (χ1) is 18.8. The van der Waals surface area contributed by atoms with E-state index >= 15 is 0 Å². The van der Waals surface area contributed by atoms with Crippen molar-refractivity contribution in [2.75, 3.05) is 0 Å². The molecule has 0 spiro atoms. The van der Waals surface area contributed by atoms with Gasteiger partial charge in [0.15, 0.2) is 0 Å². The van der Waals surface area contributed by atoms with E-state index in [9.17, 15) is 57.1 Å². The highest BCUT2D eigenvalue weighted by atomic mass is 19.4. The zero-order valence-electron chi connectivity index (χ0n) is 19.8. The van der Waals surface area contributed by atoms with E-state index in [2.05, 4.69) is 6.07 Å². The monoisotopic (exact) mass is 595 g/mol. The van der Waals surface area contributed by atoms with E-state index in [4.69, 9.17) is 0 Å². The normalized spacial score (nSPS) is 13.0. The molecule has 4 aromatic carbocycles. The minimum atomic E-state index is -5.75. The topological polar surface area (TPSA) is 0 Å². The van der Waals surface area contributed by atoms with Crippen molar-refractivity contribution in [3.63, 3.8) is 0 Å². The Bertz CT molecular complexity index is 1570. The van der Waals surface area contributed by atoms with Gasteiger partial charge in [-0.05, 0) is 64.7 Å². The van der Waals surface area contributed by atoms with Gasteiger partial charge in [-0.15, -0.1) is 0 Å². The lowest BCUT2D eigenvalue weighted by atomic mass is 9.83. The molecule has 0 nitrogen and oxygen atoms in total. The molecule has 0 aliphatic rings. The Kier molecular flexibility index (Phi) is 7.38. The smallest absolute Gasteiger partial charge is 0.207 e. The molecule has 0 unspecified atom stereocenters. The fourth-order valence-electron chi connectivity index (χ4n) is 4.36. The predicted octanol–water partition coefficient (Wildman–Crippen LogP) is 10.7. The molecule has 41 heavy (non-hydrogen) atoms. The number of halogens is 13. The van der Waals surface area contributed by atoms with Crippen molar-refractivity contribution in [1.82, 2.24) is 0 Å². The molecule has 0 atom stereocenters. The van der Waals surface area contributed by atoms with Crippen LogP contribution in [0.25, 0.3) is 33.4 Å². The largest absolute Gasteiger partial charge is 0.417 e. The molecule has 0 aromatic heterocycles. The maximum absolute atomic E-state index is 14.7. The van der Waals surface area contributed by atoms with Crippen molar-refractivity contribution in [2.45, 2.75) is 24.7 Å². The maximum atomic E-state index is 14.7. The van der Waals surface area contributed by atoms with Crippen LogP contribution in [0.1, 0.15) is 22.3 Å². The van der Waals surface area contributed by atoms with Gasteiger partial charge in [-0.1, -0.05) is 36.4 Å². The van der Waals surface area contributed by atoms with E-state index in [1.165, 1.54) is 0 Å². The van der Waals surface area contributed by atoms with E-state index in [0.29, 0.717) is 30.3 Å². The first-order valence-electron chi connectivity index (χ1n) is 11.2. The predicted molar refractivity (Wildman–Crippen MR) is 122 cm³/mol. The van der Waals surface area contributed by atoms with Gasteiger partial charge < -0.3 is 0 Å². The minimum absolute atomic E-state index is 0.0809. The summed E-state index contributed by atoms with van der Waals surface area (Å²) in [6.45, 7) is 0. The van der Waals surface area contributed by atoms with E-state index in [1.807, 2.05) is 0 Å². The third kappa shape index (κ3) is 6.03. The van der Waals surface area contributed by atoms with Crippen LogP contribution in [0.15, 0.2) is 72.8 Å². The van der Waals surface area contributed by atoms with Gasteiger partial charge in [0.25, 0.3) is 0 Å². The second-order valence-corrected chi connectivity index (χ2v) is 8.63. The molecule has 13 heteroatoms. The molecule has 1 radical (unpaired) electrons. The average molecular weight is 595 g/mol. The van der Waals surface area contributed by atoms with Crippen molar-refractivity contribution in [1.29, 1.82) is 0 Å². The zero-order valence-corrected chi connectivity index (χ0v) is 19.8. The first kappa shape index (κ1) is 29.9. The van der Waals surface area contributed by atoms with Crippen LogP contribution in [-0.4, -0.2) is 0 Å². The molecular formula is C28H12F13. The van der Waals surface area contributed by atoms with Gasteiger partial charge in [-0.25, -0.2) is 4.39 Å². The van der Waals surface area contributed by atoms with Crippen LogP contribution >= 0.6 is 0 Å². The summed E-state index contributed by atoms with van der Waals surface area (Å²) in [5, 5.41) is 0.